The Labute approximate surface area is 111 Å². The third kappa shape index (κ3) is 3.86. The van der Waals surface area contributed by atoms with Gasteiger partial charge in [-0.25, -0.2) is 8.78 Å². The number of benzene rings is 2. The molecule has 1 atom stereocenters. The summed E-state index contributed by atoms with van der Waals surface area (Å²) in [7, 11) is 0. The molecule has 1 unspecified atom stereocenters. The number of aliphatic hydroxyl groups excluding tert-OH is 1. The van der Waals surface area contributed by atoms with Crippen LogP contribution in [-0.4, -0.2) is 5.11 Å². The van der Waals surface area contributed by atoms with Gasteiger partial charge in [0.15, 0.2) is 11.6 Å². The standard InChI is InChI=1S/C16H16F2O/c17-14-10-9-12(11-15(14)18)5-4-8-16(19)13-6-2-1-3-7-13/h1-3,6-7,9-11,16,19H,4-5,8H2. The molecule has 0 aliphatic carbocycles. The summed E-state index contributed by atoms with van der Waals surface area (Å²) in [4.78, 5) is 0. The van der Waals surface area contributed by atoms with Crippen LogP contribution in [-0.2, 0) is 6.42 Å². The average Bonchev–Trinajstić information content (AvgIpc) is 2.43. The van der Waals surface area contributed by atoms with Crippen LogP contribution in [0.4, 0.5) is 8.78 Å². The van der Waals surface area contributed by atoms with Crippen molar-refractivity contribution < 1.29 is 13.9 Å². The van der Waals surface area contributed by atoms with E-state index >= 15 is 0 Å². The number of aryl methyl sites for hydroxylation is 1. The lowest BCUT2D eigenvalue weighted by molar-refractivity contribution is 0.164. The molecule has 2 aromatic carbocycles. The Balaban J connectivity index is 1.85. The maximum absolute atomic E-state index is 13.0. The molecule has 0 saturated heterocycles. The molecule has 1 N–H and O–H groups in total. The third-order valence-corrected chi connectivity index (χ3v) is 3.11. The van der Waals surface area contributed by atoms with Crippen molar-refractivity contribution in [1.82, 2.24) is 0 Å². The van der Waals surface area contributed by atoms with Gasteiger partial charge in [0.05, 0.1) is 6.10 Å². The van der Waals surface area contributed by atoms with Crippen LogP contribution in [0.1, 0.15) is 30.1 Å². The first-order chi connectivity index (χ1) is 9.16. The van der Waals surface area contributed by atoms with Crippen LogP contribution in [0.5, 0.6) is 0 Å². The number of hydrogen-bond acceptors (Lipinski definition) is 1. The molecule has 0 aliphatic heterocycles. The molecule has 0 spiro atoms. The summed E-state index contributed by atoms with van der Waals surface area (Å²) in [5.74, 6) is -1.64. The molecule has 0 aromatic heterocycles. The van der Waals surface area contributed by atoms with Gasteiger partial charge in [-0.15, -0.1) is 0 Å². The van der Waals surface area contributed by atoms with E-state index in [1.54, 1.807) is 6.07 Å². The SMILES string of the molecule is OC(CCCc1ccc(F)c(F)c1)c1ccccc1. The molecule has 0 amide bonds. The van der Waals surface area contributed by atoms with Gasteiger partial charge < -0.3 is 5.11 Å². The summed E-state index contributed by atoms with van der Waals surface area (Å²) in [6, 6.07) is 13.3. The predicted molar refractivity (Wildman–Crippen MR) is 70.7 cm³/mol. The quantitative estimate of drug-likeness (QED) is 0.862. The summed E-state index contributed by atoms with van der Waals surface area (Å²) < 4.78 is 25.8. The van der Waals surface area contributed by atoms with E-state index in [0.29, 0.717) is 12.8 Å². The molecule has 19 heavy (non-hydrogen) atoms. The molecular formula is C16H16F2O. The molecule has 2 aromatic rings. The van der Waals surface area contributed by atoms with Crippen molar-refractivity contribution in [3.05, 3.63) is 71.3 Å². The highest BCUT2D eigenvalue weighted by molar-refractivity contribution is 5.19. The molecular weight excluding hydrogens is 246 g/mol. The fraction of sp³-hybridized carbons (Fsp3) is 0.250. The number of halogens is 2. The summed E-state index contributed by atoms with van der Waals surface area (Å²) in [5.41, 5.74) is 1.63. The number of hydrogen-bond donors (Lipinski definition) is 1. The Morgan fingerprint density at radius 2 is 1.68 bits per heavy atom. The van der Waals surface area contributed by atoms with Gasteiger partial charge in [-0.2, -0.15) is 0 Å². The first kappa shape index (κ1) is 13.7. The van der Waals surface area contributed by atoms with Gasteiger partial charge in [0.25, 0.3) is 0 Å². The summed E-state index contributed by atoms with van der Waals surface area (Å²) in [6.45, 7) is 0. The second-order valence-corrected chi connectivity index (χ2v) is 4.57. The van der Waals surface area contributed by atoms with Crippen LogP contribution in [0.25, 0.3) is 0 Å². The Morgan fingerprint density at radius 3 is 2.37 bits per heavy atom. The molecule has 0 aliphatic rings. The highest BCUT2D eigenvalue weighted by Gasteiger charge is 2.07. The fourth-order valence-electron chi connectivity index (χ4n) is 2.04. The van der Waals surface area contributed by atoms with E-state index < -0.39 is 17.7 Å². The van der Waals surface area contributed by atoms with Crippen LogP contribution in [0, 0.1) is 11.6 Å². The molecule has 3 heteroatoms. The van der Waals surface area contributed by atoms with E-state index in [1.165, 1.54) is 6.07 Å². The topological polar surface area (TPSA) is 20.2 Å². The molecule has 0 heterocycles. The Bertz CT molecular complexity index is 526. The first-order valence-electron chi connectivity index (χ1n) is 6.34. The zero-order valence-electron chi connectivity index (χ0n) is 10.5. The molecule has 0 bridgehead atoms. The van der Waals surface area contributed by atoms with Crippen molar-refractivity contribution in [2.75, 3.05) is 0 Å². The van der Waals surface area contributed by atoms with Crippen LogP contribution in [0.15, 0.2) is 48.5 Å². The maximum atomic E-state index is 13.0. The van der Waals surface area contributed by atoms with E-state index in [0.717, 1.165) is 23.6 Å². The smallest absolute Gasteiger partial charge is 0.159 e. The summed E-state index contributed by atoms with van der Waals surface area (Å²) in [6.07, 6.45) is 1.44. The van der Waals surface area contributed by atoms with E-state index in [2.05, 4.69) is 0 Å². The minimum absolute atomic E-state index is 0.508. The fourth-order valence-corrected chi connectivity index (χ4v) is 2.04. The van der Waals surface area contributed by atoms with Crippen molar-refractivity contribution in [2.24, 2.45) is 0 Å². The van der Waals surface area contributed by atoms with Gasteiger partial charge in [0.2, 0.25) is 0 Å². The van der Waals surface area contributed by atoms with E-state index in [1.807, 2.05) is 30.3 Å². The van der Waals surface area contributed by atoms with Crippen molar-refractivity contribution in [2.45, 2.75) is 25.4 Å². The van der Waals surface area contributed by atoms with Crippen molar-refractivity contribution in [3.8, 4) is 0 Å². The first-order valence-corrected chi connectivity index (χ1v) is 6.34. The minimum atomic E-state index is -0.826. The van der Waals surface area contributed by atoms with Crippen molar-refractivity contribution in [1.29, 1.82) is 0 Å². The Kier molecular flexibility index (Phi) is 4.63. The Hall–Kier alpha value is -1.74. The van der Waals surface area contributed by atoms with Crippen LogP contribution >= 0.6 is 0 Å². The van der Waals surface area contributed by atoms with Gasteiger partial charge in [0, 0.05) is 0 Å². The monoisotopic (exact) mass is 262 g/mol. The molecule has 0 fully saturated rings. The average molecular weight is 262 g/mol. The molecule has 0 radical (unpaired) electrons. The van der Waals surface area contributed by atoms with Gasteiger partial charge >= 0.3 is 0 Å². The highest BCUT2D eigenvalue weighted by atomic mass is 19.2. The van der Waals surface area contributed by atoms with Gasteiger partial charge in [-0.1, -0.05) is 36.4 Å². The third-order valence-electron chi connectivity index (χ3n) is 3.11. The minimum Gasteiger partial charge on any atom is -0.388 e. The van der Waals surface area contributed by atoms with Crippen LogP contribution in [0.2, 0.25) is 0 Å². The van der Waals surface area contributed by atoms with Crippen molar-refractivity contribution >= 4 is 0 Å². The van der Waals surface area contributed by atoms with Gasteiger partial charge in [-0.05, 0) is 42.5 Å². The number of rotatable bonds is 5. The van der Waals surface area contributed by atoms with E-state index in [9.17, 15) is 13.9 Å². The number of aliphatic hydroxyl groups is 1. The zero-order chi connectivity index (χ0) is 13.7. The molecule has 0 saturated carbocycles. The predicted octanol–water partition coefficient (Wildman–Crippen LogP) is 4.02. The van der Waals surface area contributed by atoms with Crippen LogP contribution in [0.3, 0.4) is 0 Å². The second-order valence-electron chi connectivity index (χ2n) is 4.57. The largest absolute Gasteiger partial charge is 0.388 e. The highest BCUT2D eigenvalue weighted by Crippen LogP contribution is 2.19. The lowest BCUT2D eigenvalue weighted by Gasteiger charge is -2.10. The van der Waals surface area contributed by atoms with E-state index in [4.69, 9.17) is 0 Å². The van der Waals surface area contributed by atoms with Crippen molar-refractivity contribution in [3.63, 3.8) is 0 Å². The van der Waals surface area contributed by atoms with Gasteiger partial charge in [-0.3, -0.25) is 0 Å². The van der Waals surface area contributed by atoms with Gasteiger partial charge in [0.1, 0.15) is 0 Å². The second kappa shape index (κ2) is 6.43. The lowest BCUT2D eigenvalue weighted by atomic mass is 10.0. The Morgan fingerprint density at radius 1 is 0.947 bits per heavy atom. The lowest BCUT2D eigenvalue weighted by Crippen LogP contribution is -1.98. The molecule has 1 nitrogen and oxygen atoms in total. The zero-order valence-corrected chi connectivity index (χ0v) is 10.5. The molecule has 100 valence electrons. The maximum Gasteiger partial charge on any atom is 0.159 e. The summed E-state index contributed by atoms with van der Waals surface area (Å²) >= 11 is 0. The summed E-state index contributed by atoms with van der Waals surface area (Å²) in [5, 5.41) is 9.96. The molecule has 2 rings (SSSR count). The normalized spacial score (nSPS) is 12.4. The van der Waals surface area contributed by atoms with Crippen LogP contribution < -0.4 is 0 Å². The van der Waals surface area contributed by atoms with E-state index in [-0.39, 0.29) is 0 Å².